The van der Waals surface area contributed by atoms with Crippen LogP contribution in [0, 0.1) is 5.92 Å². The number of ether oxygens (including phenoxy) is 1. The molecule has 2 heterocycles. The molecule has 0 saturated carbocycles. The summed E-state index contributed by atoms with van der Waals surface area (Å²) in [7, 11) is 1.62. The van der Waals surface area contributed by atoms with Crippen molar-refractivity contribution in [1.29, 1.82) is 0 Å². The summed E-state index contributed by atoms with van der Waals surface area (Å²) in [5.41, 5.74) is -0.126. The predicted octanol–water partition coefficient (Wildman–Crippen LogP) is 1.18. The van der Waals surface area contributed by atoms with Gasteiger partial charge in [0.05, 0.1) is 18.7 Å². The molecule has 1 aromatic heterocycles. The van der Waals surface area contributed by atoms with E-state index in [0.717, 1.165) is 0 Å². The van der Waals surface area contributed by atoms with Gasteiger partial charge in [0.1, 0.15) is 11.4 Å². The monoisotopic (exact) mass is 336 g/mol. The smallest absolute Gasteiger partial charge is 0.343 e. The largest absolute Gasteiger partial charge is 0.462 e. The fourth-order valence-corrected chi connectivity index (χ4v) is 2.69. The summed E-state index contributed by atoms with van der Waals surface area (Å²) in [5, 5.41) is 6.71. The van der Waals surface area contributed by atoms with Crippen LogP contribution < -0.4 is 5.32 Å². The number of carbonyl (C=O) groups excluding carboxylic acids is 3. The van der Waals surface area contributed by atoms with Crippen LogP contribution in [0.4, 0.5) is 5.82 Å². The Hall–Kier alpha value is -2.38. The molecule has 0 aromatic carbocycles. The second-order valence-electron chi connectivity index (χ2n) is 6.82. The van der Waals surface area contributed by atoms with Crippen LogP contribution in [0.5, 0.6) is 0 Å². The van der Waals surface area contributed by atoms with Gasteiger partial charge in [-0.3, -0.25) is 14.3 Å². The lowest BCUT2D eigenvalue weighted by atomic mass is 10.1. The van der Waals surface area contributed by atoms with Gasteiger partial charge in [0.15, 0.2) is 0 Å². The SMILES string of the molecule is CCOC(=O)c1cnn(C)c1NC(=O)C1CC(=O)N(C(C)(C)C)C1. The lowest BCUT2D eigenvalue weighted by molar-refractivity contribution is -0.131. The van der Waals surface area contributed by atoms with Crippen molar-refractivity contribution >= 4 is 23.6 Å². The van der Waals surface area contributed by atoms with E-state index in [0.29, 0.717) is 6.54 Å². The third-order valence-electron chi connectivity index (χ3n) is 3.98. The average molecular weight is 336 g/mol. The highest BCUT2D eigenvalue weighted by Gasteiger charge is 2.39. The Balaban J connectivity index is 2.13. The first-order chi connectivity index (χ1) is 11.1. The molecular formula is C16H24N4O4. The second-order valence-corrected chi connectivity index (χ2v) is 6.82. The number of esters is 1. The maximum absolute atomic E-state index is 12.5. The predicted molar refractivity (Wildman–Crippen MR) is 87.4 cm³/mol. The van der Waals surface area contributed by atoms with E-state index in [2.05, 4.69) is 10.4 Å². The number of aromatic nitrogens is 2. The fraction of sp³-hybridized carbons (Fsp3) is 0.625. The third-order valence-corrected chi connectivity index (χ3v) is 3.98. The van der Waals surface area contributed by atoms with Crippen LogP contribution in [0.25, 0.3) is 0 Å². The highest BCUT2D eigenvalue weighted by molar-refractivity contribution is 6.02. The molecule has 0 bridgehead atoms. The minimum Gasteiger partial charge on any atom is -0.462 e. The number of nitrogens with zero attached hydrogens (tertiary/aromatic N) is 3. The molecule has 132 valence electrons. The van der Waals surface area contributed by atoms with Crippen molar-refractivity contribution in [3.63, 3.8) is 0 Å². The second kappa shape index (κ2) is 6.62. The van der Waals surface area contributed by atoms with Crippen molar-refractivity contribution in [2.24, 2.45) is 13.0 Å². The fourth-order valence-electron chi connectivity index (χ4n) is 2.69. The molecule has 8 nitrogen and oxygen atoms in total. The summed E-state index contributed by atoms with van der Waals surface area (Å²) >= 11 is 0. The molecule has 1 N–H and O–H groups in total. The third kappa shape index (κ3) is 3.58. The molecule has 0 radical (unpaired) electrons. The zero-order valence-corrected chi connectivity index (χ0v) is 14.8. The van der Waals surface area contributed by atoms with Crippen LogP contribution in [0.2, 0.25) is 0 Å². The quantitative estimate of drug-likeness (QED) is 0.834. The van der Waals surface area contributed by atoms with Crippen LogP contribution in [-0.4, -0.2) is 51.2 Å². The van der Waals surface area contributed by atoms with E-state index < -0.39 is 11.9 Å². The van der Waals surface area contributed by atoms with Gasteiger partial charge in [0.25, 0.3) is 0 Å². The van der Waals surface area contributed by atoms with E-state index in [4.69, 9.17) is 4.74 Å². The number of hydrogen-bond donors (Lipinski definition) is 1. The first kappa shape index (κ1) is 18.0. The number of amides is 2. The summed E-state index contributed by atoms with van der Waals surface area (Å²) in [4.78, 5) is 38.3. The Morgan fingerprint density at radius 2 is 2.08 bits per heavy atom. The van der Waals surface area contributed by atoms with Crippen LogP contribution in [0.1, 0.15) is 44.5 Å². The lowest BCUT2D eigenvalue weighted by Gasteiger charge is -2.31. The molecule has 2 rings (SSSR count). The van der Waals surface area contributed by atoms with Crippen molar-refractivity contribution in [2.75, 3.05) is 18.5 Å². The minimum atomic E-state index is -0.542. The van der Waals surface area contributed by atoms with Gasteiger partial charge in [-0.05, 0) is 27.7 Å². The van der Waals surface area contributed by atoms with E-state index in [-0.39, 0.29) is 41.8 Å². The van der Waals surface area contributed by atoms with Gasteiger partial charge in [-0.1, -0.05) is 0 Å². The van der Waals surface area contributed by atoms with Crippen molar-refractivity contribution < 1.29 is 19.1 Å². The molecule has 2 amide bonds. The Morgan fingerprint density at radius 1 is 1.42 bits per heavy atom. The van der Waals surface area contributed by atoms with E-state index in [1.165, 1.54) is 10.9 Å². The molecule has 0 spiro atoms. The highest BCUT2D eigenvalue weighted by atomic mass is 16.5. The number of carbonyl (C=O) groups is 3. The summed E-state index contributed by atoms with van der Waals surface area (Å²) < 4.78 is 6.37. The molecular weight excluding hydrogens is 312 g/mol. The summed E-state index contributed by atoms with van der Waals surface area (Å²) in [5.74, 6) is -1.07. The normalized spacial score (nSPS) is 18.0. The van der Waals surface area contributed by atoms with Gasteiger partial charge < -0.3 is 15.0 Å². The first-order valence-corrected chi connectivity index (χ1v) is 7.95. The number of anilines is 1. The number of rotatable bonds is 4. The van der Waals surface area contributed by atoms with Gasteiger partial charge in [0.2, 0.25) is 11.8 Å². The molecule has 24 heavy (non-hydrogen) atoms. The van der Waals surface area contributed by atoms with Crippen LogP contribution in [-0.2, 0) is 21.4 Å². The number of nitrogens with one attached hydrogen (secondary N) is 1. The zero-order chi connectivity index (χ0) is 18.1. The van der Waals surface area contributed by atoms with Crippen LogP contribution in [0.15, 0.2) is 6.20 Å². The van der Waals surface area contributed by atoms with Crippen molar-refractivity contribution in [3.05, 3.63) is 11.8 Å². The van der Waals surface area contributed by atoms with Gasteiger partial charge >= 0.3 is 5.97 Å². The van der Waals surface area contributed by atoms with E-state index in [1.807, 2.05) is 20.8 Å². The van der Waals surface area contributed by atoms with Crippen LogP contribution in [0.3, 0.4) is 0 Å². The Labute approximate surface area is 141 Å². The van der Waals surface area contributed by atoms with Gasteiger partial charge in [0, 0.05) is 25.6 Å². The Kier molecular flexibility index (Phi) is 4.96. The summed E-state index contributed by atoms with van der Waals surface area (Å²) in [6.45, 7) is 8.11. The Bertz CT molecular complexity index is 660. The number of hydrogen-bond acceptors (Lipinski definition) is 5. The van der Waals surface area contributed by atoms with Crippen molar-refractivity contribution in [1.82, 2.24) is 14.7 Å². The number of likely N-dealkylation sites (tertiary alicyclic amines) is 1. The van der Waals surface area contributed by atoms with E-state index in [9.17, 15) is 14.4 Å². The average Bonchev–Trinajstić information content (AvgIpc) is 3.03. The van der Waals surface area contributed by atoms with Crippen molar-refractivity contribution in [3.8, 4) is 0 Å². The van der Waals surface area contributed by atoms with E-state index in [1.54, 1.807) is 18.9 Å². The number of aryl methyl sites for hydroxylation is 1. The summed E-state index contributed by atoms with van der Waals surface area (Å²) in [6, 6.07) is 0. The maximum Gasteiger partial charge on any atom is 0.343 e. The molecule has 0 aliphatic carbocycles. The molecule has 1 saturated heterocycles. The Morgan fingerprint density at radius 3 is 2.62 bits per heavy atom. The van der Waals surface area contributed by atoms with Crippen LogP contribution >= 0.6 is 0 Å². The molecule has 1 aliphatic heterocycles. The first-order valence-electron chi connectivity index (χ1n) is 7.95. The minimum absolute atomic E-state index is 0.0433. The van der Waals surface area contributed by atoms with Gasteiger partial charge in [-0.25, -0.2) is 4.79 Å². The molecule has 1 aromatic rings. The topological polar surface area (TPSA) is 93.5 Å². The molecule has 1 unspecified atom stereocenters. The molecule has 1 fully saturated rings. The van der Waals surface area contributed by atoms with Gasteiger partial charge in [-0.15, -0.1) is 0 Å². The van der Waals surface area contributed by atoms with Crippen molar-refractivity contribution in [2.45, 2.75) is 39.7 Å². The standard InChI is InChI=1S/C16H24N4O4/c1-6-24-15(23)11-8-17-19(5)13(11)18-14(22)10-7-12(21)20(9-10)16(2,3)4/h8,10H,6-7,9H2,1-5H3,(H,18,22). The van der Waals surface area contributed by atoms with Gasteiger partial charge in [-0.2, -0.15) is 5.10 Å². The lowest BCUT2D eigenvalue weighted by Crippen LogP contribution is -2.42. The summed E-state index contributed by atoms with van der Waals surface area (Å²) in [6.07, 6.45) is 1.52. The highest BCUT2D eigenvalue weighted by Crippen LogP contribution is 2.27. The molecule has 8 heteroatoms. The zero-order valence-electron chi connectivity index (χ0n) is 14.8. The molecule has 1 aliphatic rings. The maximum atomic E-state index is 12.5. The molecule has 1 atom stereocenters. The van der Waals surface area contributed by atoms with E-state index >= 15 is 0 Å².